The standard InChI is InChI=1S/C25H23N3O5S/c1-28(2)10-9-26-25(34)27-14-3-6-17(20(11-14)24(31)32)23-18-7-4-15(29)12-21(18)33-22-13-16(30)5-8-19(22)23/h3-8,11-13,29H,9-10H2,1-2H3,(H,31,32)(H2,26,27,34)/p+1. The van der Waals surface area contributed by atoms with Crippen molar-refractivity contribution in [1.82, 2.24) is 4.90 Å². The number of hydrogen-bond acceptors (Lipinski definition) is 5. The third kappa shape index (κ3) is 4.90. The third-order valence-electron chi connectivity index (χ3n) is 5.31. The summed E-state index contributed by atoms with van der Waals surface area (Å²) in [5.41, 5.74) is 2.35. The Kier molecular flexibility index (Phi) is 6.58. The van der Waals surface area contributed by atoms with Crippen molar-refractivity contribution >= 4 is 40.4 Å². The van der Waals surface area contributed by atoms with Crippen LogP contribution in [0.4, 0.5) is 5.69 Å². The molecule has 1 heterocycles. The summed E-state index contributed by atoms with van der Waals surface area (Å²) < 4.78 is 5.86. The highest BCUT2D eigenvalue weighted by Gasteiger charge is 2.23. The zero-order chi connectivity index (χ0) is 24.4. The van der Waals surface area contributed by atoms with Gasteiger partial charge in [0.05, 0.1) is 12.1 Å². The maximum atomic E-state index is 12.3. The molecule has 0 saturated carbocycles. The van der Waals surface area contributed by atoms with E-state index in [2.05, 4.69) is 22.9 Å². The number of carbonyl (C=O) groups is 1. The number of carboxylic acids is 1. The van der Waals surface area contributed by atoms with E-state index >= 15 is 0 Å². The van der Waals surface area contributed by atoms with Crippen molar-refractivity contribution < 1.29 is 24.4 Å². The Bertz CT molecular complexity index is 1440. The average Bonchev–Trinajstić information content (AvgIpc) is 2.77. The van der Waals surface area contributed by atoms with Gasteiger partial charge in [-0.2, -0.15) is 0 Å². The van der Waals surface area contributed by atoms with Crippen LogP contribution >= 0.6 is 12.6 Å². The van der Waals surface area contributed by atoms with Crippen LogP contribution in [0.15, 0.2) is 63.8 Å². The van der Waals surface area contributed by atoms with Crippen molar-refractivity contribution in [2.24, 2.45) is 0 Å². The van der Waals surface area contributed by atoms with Crippen LogP contribution in [0.25, 0.3) is 33.4 Å². The van der Waals surface area contributed by atoms with Crippen LogP contribution in [0.1, 0.15) is 10.4 Å². The van der Waals surface area contributed by atoms with E-state index < -0.39 is 5.97 Å². The molecule has 9 heteroatoms. The number of anilines is 1. The number of carboxylic acid groups (broad SMARTS) is 1. The van der Waals surface area contributed by atoms with Gasteiger partial charge in [0.15, 0.2) is 5.43 Å². The first-order valence-electron chi connectivity index (χ1n) is 10.5. The summed E-state index contributed by atoms with van der Waals surface area (Å²) in [7, 11) is 3.93. The van der Waals surface area contributed by atoms with E-state index in [4.69, 9.17) is 4.42 Å². The third-order valence-corrected chi connectivity index (χ3v) is 5.58. The van der Waals surface area contributed by atoms with E-state index in [-0.39, 0.29) is 16.7 Å². The number of aromatic hydroxyl groups is 1. The number of rotatable bonds is 6. The number of hydrogen-bond donors (Lipinski definition) is 5. The monoisotopic (exact) mass is 478 g/mol. The molecule has 0 spiro atoms. The Hall–Kier alpha value is -3.82. The first-order chi connectivity index (χ1) is 16.2. The minimum Gasteiger partial charge on any atom is -0.508 e. The Morgan fingerprint density at radius 2 is 1.85 bits per heavy atom. The summed E-state index contributed by atoms with van der Waals surface area (Å²) in [6, 6.07) is 14.0. The second kappa shape index (κ2) is 9.58. The SMILES string of the molecule is CN(C)CC[NH+]=C(S)Nc1ccc(-c2c3ccc(=O)cc-3oc3cc(O)ccc23)c(C(=O)O)c1. The van der Waals surface area contributed by atoms with E-state index in [1.807, 2.05) is 19.0 Å². The topological polar surface area (TPSA) is 117 Å². The summed E-state index contributed by atoms with van der Waals surface area (Å²) in [6.45, 7) is 1.48. The van der Waals surface area contributed by atoms with E-state index in [1.54, 1.807) is 24.3 Å². The second-order valence-corrected chi connectivity index (χ2v) is 8.53. The van der Waals surface area contributed by atoms with Gasteiger partial charge in [-0.1, -0.05) is 12.6 Å². The molecular weight excluding hydrogens is 454 g/mol. The average molecular weight is 479 g/mol. The molecule has 2 aromatic carbocycles. The van der Waals surface area contributed by atoms with Crippen molar-refractivity contribution in [2.45, 2.75) is 0 Å². The van der Waals surface area contributed by atoms with E-state index in [0.29, 0.717) is 50.8 Å². The lowest BCUT2D eigenvalue weighted by Crippen LogP contribution is -2.75. The van der Waals surface area contributed by atoms with Gasteiger partial charge in [-0.05, 0) is 62.1 Å². The second-order valence-electron chi connectivity index (χ2n) is 8.08. The number of likely N-dealkylation sites (N-methyl/N-ethyl adjacent to an activating group) is 1. The van der Waals surface area contributed by atoms with Crippen molar-refractivity contribution in [3.05, 3.63) is 70.4 Å². The maximum Gasteiger partial charge on any atom is 0.336 e. The van der Waals surface area contributed by atoms with Crippen LogP contribution in [-0.4, -0.2) is 53.4 Å². The fourth-order valence-electron chi connectivity index (χ4n) is 3.75. The quantitative estimate of drug-likeness (QED) is 0.125. The van der Waals surface area contributed by atoms with E-state index in [1.165, 1.54) is 30.3 Å². The maximum absolute atomic E-state index is 12.3. The molecule has 1 aliphatic heterocycles. The zero-order valence-electron chi connectivity index (χ0n) is 18.6. The van der Waals surface area contributed by atoms with Crippen LogP contribution in [0, 0.1) is 0 Å². The van der Waals surface area contributed by atoms with Gasteiger partial charge in [0.2, 0.25) is 0 Å². The summed E-state index contributed by atoms with van der Waals surface area (Å²) in [4.78, 5) is 29.4. The summed E-state index contributed by atoms with van der Waals surface area (Å²) in [5.74, 6) is -0.812. The first kappa shape index (κ1) is 23.3. The normalized spacial score (nSPS) is 11.9. The number of fused-ring (bicyclic) bond motifs is 2. The molecule has 0 fully saturated rings. The predicted octanol–water partition coefficient (Wildman–Crippen LogP) is 2.31. The molecule has 0 unspecified atom stereocenters. The van der Waals surface area contributed by atoms with Gasteiger partial charge in [0.1, 0.15) is 22.8 Å². The molecule has 0 bridgehead atoms. The van der Waals surface area contributed by atoms with Crippen molar-refractivity contribution in [1.29, 1.82) is 0 Å². The van der Waals surface area contributed by atoms with Crippen molar-refractivity contribution in [2.75, 3.05) is 32.5 Å². The molecule has 2 aromatic rings. The smallest absolute Gasteiger partial charge is 0.336 e. The molecule has 0 atom stereocenters. The highest BCUT2D eigenvalue weighted by molar-refractivity contribution is 7.96. The molecular formula is C25H24N3O5S+. The van der Waals surface area contributed by atoms with Crippen LogP contribution in [0.5, 0.6) is 5.75 Å². The van der Waals surface area contributed by atoms with Crippen LogP contribution in [-0.2, 0) is 0 Å². The molecule has 4 rings (SSSR count). The molecule has 0 amide bonds. The minimum atomic E-state index is -1.11. The summed E-state index contributed by atoms with van der Waals surface area (Å²) >= 11 is 4.40. The largest absolute Gasteiger partial charge is 0.508 e. The lowest BCUT2D eigenvalue weighted by atomic mass is 9.90. The predicted molar refractivity (Wildman–Crippen MR) is 135 cm³/mol. The van der Waals surface area contributed by atoms with Gasteiger partial charge in [-0.3, -0.25) is 9.79 Å². The van der Waals surface area contributed by atoms with Gasteiger partial charge in [0.25, 0.3) is 0 Å². The van der Waals surface area contributed by atoms with Gasteiger partial charge in [-0.15, -0.1) is 0 Å². The number of aromatic carboxylic acids is 1. The highest BCUT2D eigenvalue weighted by atomic mass is 32.1. The molecule has 174 valence electrons. The Morgan fingerprint density at radius 1 is 1.09 bits per heavy atom. The highest BCUT2D eigenvalue weighted by Crippen LogP contribution is 2.42. The van der Waals surface area contributed by atoms with Crippen molar-refractivity contribution in [3.63, 3.8) is 0 Å². The number of phenols is 1. The molecule has 0 aromatic heterocycles. The van der Waals surface area contributed by atoms with E-state index in [0.717, 1.165) is 6.54 Å². The van der Waals surface area contributed by atoms with Gasteiger partial charge >= 0.3 is 11.1 Å². The molecule has 8 nitrogen and oxygen atoms in total. The lowest BCUT2D eigenvalue weighted by molar-refractivity contribution is -0.453. The number of thiol groups is 1. The number of nitrogens with one attached hydrogen (secondary N) is 2. The lowest BCUT2D eigenvalue weighted by Gasteiger charge is -2.17. The Balaban J connectivity index is 1.86. The van der Waals surface area contributed by atoms with Crippen molar-refractivity contribution in [3.8, 4) is 28.2 Å². The fraction of sp³-hybridized carbons (Fsp3) is 0.160. The summed E-state index contributed by atoms with van der Waals surface area (Å²) in [6.07, 6.45) is 0. The van der Waals surface area contributed by atoms with Crippen LogP contribution < -0.4 is 15.7 Å². The Morgan fingerprint density at radius 3 is 2.59 bits per heavy atom. The fourth-order valence-corrected chi connectivity index (χ4v) is 3.99. The van der Waals surface area contributed by atoms with Gasteiger partial charge < -0.3 is 19.5 Å². The van der Waals surface area contributed by atoms with Gasteiger partial charge in [0, 0.05) is 35.2 Å². The molecule has 1 aliphatic carbocycles. The Labute approximate surface area is 200 Å². The number of nitrogens with zero attached hydrogens (tertiary/aromatic N) is 1. The minimum absolute atomic E-state index is 0.00329. The van der Waals surface area contributed by atoms with E-state index in [9.17, 15) is 19.8 Å². The number of amidine groups is 1. The van der Waals surface area contributed by atoms with Crippen LogP contribution in [0.3, 0.4) is 0 Å². The molecule has 34 heavy (non-hydrogen) atoms. The van der Waals surface area contributed by atoms with Crippen LogP contribution in [0.2, 0.25) is 0 Å². The van der Waals surface area contributed by atoms with Gasteiger partial charge in [-0.25, -0.2) is 10.1 Å². The summed E-state index contributed by atoms with van der Waals surface area (Å²) in [5, 5.41) is 24.1. The first-order valence-corrected chi connectivity index (χ1v) is 11.0. The molecule has 0 saturated heterocycles. The number of benzene rings is 3. The molecule has 2 aliphatic rings. The zero-order valence-corrected chi connectivity index (χ0v) is 19.5. The molecule has 4 N–H and O–H groups in total. The number of phenolic OH excluding ortho intramolecular Hbond substituents is 1. The molecule has 0 radical (unpaired) electrons.